The van der Waals surface area contributed by atoms with E-state index >= 15 is 0 Å². The molecule has 2 aromatic carbocycles. The van der Waals surface area contributed by atoms with Crippen molar-refractivity contribution in [2.75, 3.05) is 16.4 Å². The van der Waals surface area contributed by atoms with Gasteiger partial charge in [-0.1, -0.05) is 11.8 Å². The third-order valence-corrected chi connectivity index (χ3v) is 5.32. The molecule has 2 N–H and O–H groups in total. The average molecular weight is 453 g/mol. The van der Waals surface area contributed by atoms with E-state index in [-0.39, 0.29) is 23.7 Å². The summed E-state index contributed by atoms with van der Waals surface area (Å²) in [5.41, 5.74) is 2.01. The summed E-state index contributed by atoms with van der Waals surface area (Å²) >= 11 is 1.34. The van der Waals surface area contributed by atoms with Crippen molar-refractivity contribution < 1.29 is 19.1 Å². The number of imidazole rings is 1. The molecular weight excluding hydrogens is 428 g/mol. The number of thioether (sulfide) groups is 1. The van der Waals surface area contributed by atoms with Gasteiger partial charge in [0.15, 0.2) is 5.16 Å². The summed E-state index contributed by atoms with van der Waals surface area (Å²) < 4.78 is 6.99. The minimum absolute atomic E-state index is 0.161. The van der Waals surface area contributed by atoms with Crippen LogP contribution in [0.1, 0.15) is 34.6 Å². The zero-order valence-corrected chi connectivity index (χ0v) is 18.8. The van der Waals surface area contributed by atoms with E-state index in [1.165, 1.54) is 11.8 Å². The fourth-order valence-electron chi connectivity index (χ4n) is 2.70. The molecule has 0 bridgehead atoms. The van der Waals surface area contributed by atoms with Gasteiger partial charge >= 0.3 is 5.97 Å². The van der Waals surface area contributed by atoms with E-state index in [1.54, 1.807) is 68.6 Å². The van der Waals surface area contributed by atoms with Crippen LogP contribution in [0.15, 0.2) is 66.1 Å². The lowest BCUT2D eigenvalue weighted by atomic mass is 10.1. The van der Waals surface area contributed by atoms with Crippen LogP contribution < -0.4 is 10.6 Å². The first-order valence-corrected chi connectivity index (χ1v) is 10.9. The Hall–Kier alpha value is -3.59. The van der Waals surface area contributed by atoms with Crippen LogP contribution in [0.5, 0.6) is 0 Å². The predicted molar refractivity (Wildman–Crippen MR) is 124 cm³/mol. The molecule has 9 heteroatoms. The first kappa shape index (κ1) is 23.1. The quantitative estimate of drug-likeness (QED) is 0.396. The Labute approximate surface area is 190 Å². The second-order valence-electron chi connectivity index (χ2n) is 7.22. The summed E-state index contributed by atoms with van der Waals surface area (Å²) in [4.78, 5) is 40.7. The first-order valence-electron chi connectivity index (χ1n) is 9.94. The number of hydrogen-bond acceptors (Lipinski definition) is 6. The maximum atomic E-state index is 12.5. The van der Waals surface area contributed by atoms with E-state index in [0.717, 1.165) is 5.16 Å². The largest absolute Gasteiger partial charge is 0.459 e. The minimum Gasteiger partial charge on any atom is -0.459 e. The number of amides is 2. The van der Waals surface area contributed by atoms with Crippen LogP contribution in [0, 0.1) is 0 Å². The number of hydrogen-bond donors (Lipinski definition) is 2. The van der Waals surface area contributed by atoms with E-state index in [0.29, 0.717) is 22.5 Å². The molecule has 0 atom stereocenters. The lowest BCUT2D eigenvalue weighted by molar-refractivity contribution is -0.113. The number of aryl methyl sites for hydroxylation is 1. The molecular formula is C23H24N4O4S. The summed E-state index contributed by atoms with van der Waals surface area (Å²) in [6.45, 7) is 3.56. The van der Waals surface area contributed by atoms with Crippen LogP contribution in [-0.4, -0.2) is 39.2 Å². The number of benzene rings is 2. The number of nitrogens with zero attached hydrogens (tertiary/aromatic N) is 2. The van der Waals surface area contributed by atoms with Gasteiger partial charge in [-0.3, -0.25) is 9.59 Å². The van der Waals surface area contributed by atoms with Gasteiger partial charge in [0.2, 0.25) is 5.91 Å². The van der Waals surface area contributed by atoms with E-state index in [4.69, 9.17) is 4.74 Å². The van der Waals surface area contributed by atoms with Crippen molar-refractivity contribution in [1.29, 1.82) is 0 Å². The molecule has 2 amide bonds. The van der Waals surface area contributed by atoms with Gasteiger partial charge in [0.25, 0.3) is 5.91 Å². The zero-order valence-electron chi connectivity index (χ0n) is 18.0. The molecule has 3 rings (SSSR count). The fraction of sp³-hybridized carbons (Fsp3) is 0.217. The Balaban J connectivity index is 1.51. The van der Waals surface area contributed by atoms with Crippen molar-refractivity contribution >= 4 is 40.9 Å². The number of ether oxygens (including phenoxy) is 1. The van der Waals surface area contributed by atoms with Gasteiger partial charge in [-0.25, -0.2) is 9.78 Å². The average Bonchev–Trinajstić information content (AvgIpc) is 3.17. The SMILES string of the molecule is CC(C)OC(=O)c1ccc(NC(=O)c2ccc(NC(=O)CSc3nccn3C)cc2)cc1. The van der Waals surface area contributed by atoms with Gasteiger partial charge in [-0.05, 0) is 62.4 Å². The van der Waals surface area contributed by atoms with Crippen molar-refractivity contribution in [1.82, 2.24) is 9.55 Å². The van der Waals surface area contributed by atoms with Gasteiger partial charge < -0.3 is 19.9 Å². The summed E-state index contributed by atoms with van der Waals surface area (Å²) in [6.07, 6.45) is 3.30. The molecule has 0 fully saturated rings. The molecule has 0 aliphatic carbocycles. The molecule has 0 spiro atoms. The second kappa shape index (κ2) is 10.6. The molecule has 0 saturated carbocycles. The Morgan fingerprint density at radius 3 is 2.12 bits per heavy atom. The smallest absolute Gasteiger partial charge is 0.338 e. The van der Waals surface area contributed by atoms with E-state index < -0.39 is 5.97 Å². The number of carbonyl (C=O) groups excluding carboxylic acids is 3. The monoisotopic (exact) mass is 452 g/mol. The number of rotatable bonds is 8. The molecule has 0 aliphatic heterocycles. The van der Waals surface area contributed by atoms with Crippen molar-refractivity contribution in [3.63, 3.8) is 0 Å². The third-order valence-electron chi connectivity index (χ3n) is 4.26. The molecule has 0 saturated heterocycles. The lowest BCUT2D eigenvalue weighted by Crippen LogP contribution is -2.15. The van der Waals surface area contributed by atoms with Gasteiger partial charge in [0, 0.05) is 36.4 Å². The lowest BCUT2D eigenvalue weighted by Gasteiger charge is -2.09. The fourth-order valence-corrected chi connectivity index (χ4v) is 3.43. The molecule has 1 aromatic heterocycles. The Morgan fingerprint density at radius 1 is 0.969 bits per heavy atom. The molecule has 8 nitrogen and oxygen atoms in total. The van der Waals surface area contributed by atoms with Crippen LogP contribution in [0.4, 0.5) is 11.4 Å². The molecule has 0 unspecified atom stereocenters. The zero-order chi connectivity index (χ0) is 23.1. The summed E-state index contributed by atoms with van der Waals surface area (Å²) in [7, 11) is 1.87. The topological polar surface area (TPSA) is 102 Å². The van der Waals surface area contributed by atoms with Crippen LogP contribution in [0.2, 0.25) is 0 Å². The Kier molecular flexibility index (Phi) is 7.67. The maximum absolute atomic E-state index is 12.5. The predicted octanol–water partition coefficient (Wildman–Crippen LogP) is 3.97. The highest BCUT2D eigenvalue weighted by Crippen LogP contribution is 2.17. The summed E-state index contributed by atoms with van der Waals surface area (Å²) in [5.74, 6) is -0.640. The summed E-state index contributed by atoms with van der Waals surface area (Å²) in [5, 5.41) is 6.33. The van der Waals surface area contributed by atoms with Crippen LogP contribution in [0.25, 0.3) is 0 Å². The minimum atomic E-state index is -0.408. The molecule has 1 heterocycles. The standard InChI is InChI=1S/C23H24N4O4S/c1-15(2)31-22(30)17-6-10-19(11-7-17)26-21(29)16-4-8-18(9-5-16)25-20(28)14-32-23-24-12-13-27(23)3/h4-13,15H,14H2,1-3H3,(H,25,28)(H,26,29). The molecule has 32 heavy (non-hydrogen) atoms. The highest BCUT2D eigenvalue weighted by Gasteiger charge is 2.11. The molecule has 0 aliphatic rings. The normalized spacial score (nSPS) is 10.6. The van der Waals surface area contributed by atoms with Crippen LogP contribution in [0.3, 0.4) is 0 Å². The number of anilines is 2. The van der Waals surface area contributed by atoms with Gasteiger partial charge in [-0.15, -0.1) is 0 Å². The molecule has 166 valence electrons. The summed E-state index contributed by atoms with van der Waals surface area (Å²) in [6, 6.07) is 13.1. The maximum Gasteiger partial charge on any atom is 0.338 e. The number of nitrogens with one attached hydrogen (secondary N) is 2. The van der Waals surface area contributed by atoms with Crippen molar-refractivity contribution in [3.8, 4) is 0 Å². The van der Waals surface area contributed by atoms with E-state index in [9.17, 15) is 14.4 Å². The van der Waals surface area contributed by atoms with E-state index in [1.807, 2.05) is 17.8 Å². The van der Waals surface area contributed by atoms with Crippen LogP contribution >= 0.6 is 11.8 Å². The number of carbonyl (C=O) groups is 3. The molecule has 3 aromatic rings. The Bertz CT molecular complexity index is 1090. The van der Waals surface area contributed by atoms with Crippen molar-refractivity contribution in [2.24, 2.45) is 7.05 Å². The first-order chi connectivity index (χ1) is 15.3. The molecule has 0 radical (unpaired) electrons. The van der Waals surface area contributed by atoms with E-state index in [2.05, 4.69) is 15.6 Å². The van der Waals surface area contributed by atoms with Gasteiger partial charge in [0.05, 0.1) is 17.4 Å². The van der Waals surface area contributed by atoms with Gasteiger partial charge in [0.1, 0.15) is 0 Å². The van der Waals surface area contributed by atoms with Gasteiger partial charge in [-0.2, -0.15) is 0 Å². The second-order valence-corrected chi connectivity index (χ2v) is 8.16. The highest BCUT2D eigenvalue weighted by molar-refractivity contribution is 7.99. The Morgan fingerprint density at radius 2 is 1.56 bits per heavy atom. The number of esters is 1. The van der Waals surface area contributed by atoms with Crippen molar-refractivity contribution in [2.45, 2.75) is 25.1 Å². The van der Waals surface area contributed by atoms with Crippen LogP contribution in [-0.2, 0) is 16.6 Å². The van der Waals surface area contributed by atoms with Crippen molar-refractivity contribution in [3.05, 3.63) is 72.1 Å². The third kappa shape index (κ3) is 6.45. The number of aromatic nitrogens is 2. The highest BCUT2D eigenvalue weighted by atomic mass is 32.2.